The molecule has 1 aromatic rings. The van der Waals surface area contributed by atoms with Crippen LogP contribution in [0.3, 0.4) is 0 Å². The van der Waals surface area contributed by atoms with Crippen LogP contribution >= 0.6 is 0 Å². The van der Waals surface area contributed by atoms with Crippen molar-refractivity contribution in [2.45, 2.75) is 51.4 Å². The number of rotatable bonds is 2. The van der Waals surface area contributed by atoms with Gasteiger partial charge in [0.15, 0.2) is 0 Å². The van der Waals surface area contributed by atoms with Crippen molar-refractivity contribution < 1.29 is 4.79 Å². The van der Waals surface area contributed by atoms with Crippen molar-refractivity contribution in [1.29, 1.82) is 0 Å². The van der Waals surface area contributed by atoms with E-state index in [9.17, 15) is 4.79 Å². The minimum atomic E-state index is -0.186. The van der Waals surface area contributed by atoms with Crippen LogP contribution in [0.4, 0.5) is 0 Å². The summed E-state index contributed by atoms with van der Waals surface area (Å²) in [7, 11) is 0. The van der Waals surface area contributed by atoms with Gasteiger partial charge in [0.2, 0.25) is 0 Å². The van der Waals surface area contributed by atoms with Gasteiger partial charge >= 0.3 is 0 Å². The van der Waals surface area contributed by atoms with Crippen molar-refractivity contribution in [3.63, 3.8) is 0 Å². The first-order valence-corrected chi connectivity index (χ1v) is 6.22. The summed E-state index contributed by atoms with van der Waals surface area (Å²) in [5.41, 5.74) is 3.60. The molecular formula is C15H20O. The first-order valence-electron chi connectivity index (χ1n) is 6.22. The van der Waals surface area contributed by atoms with Crippen molar-refractivity contribution in [2.24, 2.45) is 0 Å². The molecule has 0 atom stereocenters. The standard InChI is InChI=1S/C15H20O/c1-12-6-7-13(2)14(10-12)15(11-16)8-4-3-5-9-15/h6-7,10-11H,3-5,8-9H2,1-2H3. The Morgan fingerprint density at radius 1 is 1.12 bits per heavy atom. The highest BCUT2D eigenvalue weighted by Gasteiger charge is 2.34. The highest BCUT2D eigenvalue weighted by atomic mass is 16.1. The molecular weight excluding hydrogens is 196 g/mol. The third-order valence-electron chi connectivity index (χ3n) is 3.90. The maximum atomic E-state index is 11.5. The van der Waals surface area contributed by atoms with E-state index < -0.39 is 0 Å². The second kappa shape index (κ2) is 4.40. The van der Waals surface area contributed by atoms with Crippen molar-refractivity contribution in [3.8, 4) is 0 Å². The molecule has 1 heteroatoms. The Labute approximate surface area is 97.9 Å². The van der Waals surface area contributed by atoms with Crippen molar-refractivity contribution in [3.05, 3.63) is 34.9 Å². The van der Waals surface area contributed by atoms with Crippen LogP contribution in [0.25, 0.3) is 0 Å². The predicted octanol–water partition coefficient (Wildman–Crippen LogP) is 3.70. The molecule has 0 aromatic heterocycles. The molecule has 0 unspecified atom stereocenters. The highest BCUT2D eigenvalue weighted by Crippen LogP contribution is 2.39. The van der Waals surface area contributed by atoms with Gasteiger partial charge in [-0.1, -0.05) is 43.0 Å². The quantitative estimate of drug-likeness (QED) is 0.689. The molecule has 0 bridgehead atoms. The molecule has 1 aromatic carbocycles. The fraction of sp³-hybridized carbons (Fsp3) is 0.533. The van der Waals surface area contributed by atoms with Crippen LogP contribution in [0.2, 0.25) is 0 Å². The van der Waals surface area contributed by atoms with Crippen LogP contribution in [-0.4, -0.2) is 6.29 Å². The number of aldehydes is 1. The minimum absolute atomic E-state index is 0.186. The van der Waals surface area contributed by atoms with E-state index in [1.165, 1.54) is 42.2 Å². The van der Waals surface area contributed by atoms with Gasteiger partial charge in [0, 0.05) is 0 Å². The molecule has 0 N–H and O–H groups in total. The fourth-order valence-corrected chi connectivity index (χ4v) is 2.91. The van der Waals surface area contributed by atoms with Crippen LogP contribution in [0, 0.1) is 13.8 Å². The molecule has 0 amide bonds. The molecule has 1 nitrogen and oxygen atoms in total. The van der Waals surface area contributed by atoms with Gasteiger partial charge < -0.3 is 4.79 Å². The zero-order chi connectivity index (χ0) is 11.6. The first kappa shape index (κ1) is 11.4. The zero-order valence-corrected chi connectivity index (χ0v) is 10.3. The largest absolute Gasteiger partial charge is 0.302 e. The average molecular weight is 216 g/mol. The second-order valence-electron chi connectivity index (χ2n) is 5.15. The SMILES string of the molecule is Cc1ccc(C)c(C2(C=O)CCCCC2)c1. The summed E-state index contributed by atoms with van der Waals surface area (Å²) in [6.07, 6.45) is 6.91. The first-order chi connectivity index (χ1) is 7.68. The van der Waals surface area contributed by atoms with Gasteiger partial charge in [-0.25, -0.2) is 0 Å². The Bertz CT molecular complexity index is 386. The lowest BCUT2D eigenvalue weighted by Gasteiger charge is -2.34. The number of hydrogen-bond acceptors (Lipinski definition) is 1. The molecule has 86 valence electrons. The highest BCUT2D eigenvalue weighted by molar-refractivity contribution is 5.70. The van der Waals surface area contributed by atoms with Gasteiger partial charge in [-0.3, -0.25) is 0 Å². The Hall–Kier alpha value is -1.11. The molecule has 16 heavy (non-hydrogen) atoms. The fourth-order valence-electron chi connectivity index (χ4n) is 2.91. The summed E-state index contributed by atoms with van der Waals surface area (Å²) in [5, 5.41) is 0. The lowest BCUT2D eigenvalue weighted by atomic mass is 9.69. The minimum Gasteiger partial charge on any atom is -0.302 e. The third kappa shape index (κ3) is 1.91. The van der Waals surface area contributed by atoms with Crippen LogP contribution in [-0.2, 0) is 10.2 Å². The summed E-state index contributed by atoms with van der Waals surface area (Å²) in [4.78, 5) is 11.5. The van der Waals surface area contributed by atoms with Crippen LogP contribution in [0.5, 0.6) is 0 Å². The maximum absolute atomic E-state index is 11.5. The van der Waals surface area contributed by atoms with Crippen molar-refractivity contribution in [2.75, 3.05) is 0 Å². The normalized spacial score (nSPS) is 19.4. The molecule has 0 saturated heterocycles. The average Bonchev–Trinajstić information content (AvgIpc) is 2.33. The summed E-state index contributed by atoms with van der Waals surface area (Å²) in [5.74, 6) is 0. The smallest absolute Gasteiger partial charge is 0.130 e. The molecule has 1 saturated carbocycles. The Morgan fingerprint density at radius 3 is 2.44 bits per heavy atom. The summed E-state index contributed by atoms with van der Waals surface area (Å²) < 4.78 is 0. The van der Waals surface area contributed by atoms with E-state index in [0.29, 0.717) is 0 Å². The lowest BCUT2D eigenvalue weighted by molar-refractivity contribution is -0.113. The molecule has 1 aliphatic carbocycles. The van der Waals surface area contributed by atoms with Gasteiger partial charge in [-0.15, -0.1) is 0 Å². The number of carbonyl (C=O) groups is 1. The van der Waals surface area contributed by atoms with E-state index in [1.54, 1.807) is 0 Å². The number of aryl methyl sites for hydroxylation is 2. The van der Waals surface area contributed by atoms with Gasteiger partial charge in [-0.05, 0) is 37.8 Å². The van der Waals surface area contributed by atoms with E-state index in [-0.39, 0.29) is 5.41 Å². The molecule has 0 heterocycles. The van der Waals surface area contributed by atoms with Gasteiger partial charge in [0.25, 0.3) is 0 Å². The zero-order valence-electron chi connectivity index (χ0n) is 10.3. The summed E-state index contributed by atoms with van der Waals surface area (Å²) >= 11 is 0. The van der Waals surface area contributed by atoms with E-state index in [1.807, 2.05) is 0 Å². The molecule has 1 fully saturated rings. The van der Waals surface area contributed by atoms with Crippen LogP contribution in [0.1, 0.15) is 48.8 Å². The molecule has 0 radical (unpaired) electrons. The number of benzene rings is 1. The van der Waals surface area contributed by atoms with Gasteiger partial charge in [-0.2, -0.15) is 0 Å². The van der Waals surface area contributed by atoms with Gasteiger partial charge in [0.05, 0.1) is 5.41 Å². The molecule has 0 spiro atoms. The number of hydrogen-bond donors (Lipinski definition) is 0. The van der Waals surface area contributed by atoms with Gasteiger partial charge in [0.1, 0.15) is 6.29 Å². The topological polar surface area (TPSA) is 17.1 Å². The summed E-state index contributed by atoms with van der Waals surface area (Å²) in [6.45, 7) is 4.22. The molecule has 2 rings (SSSR count). The van der Waals surface area contributed by atoms with E-state index in [2.05, 4.69) is 32.0 Å². The van der Waals surface area contributed by atoms with Crippen LogP contribution in [0.15, 0.2) is 18.2 Å². The van der Waals surface area contributed by atoms with Crippen LogP contribution < -0.4 is 0 Å². The predicted molar refractivity (Wildman–Crippen MR) is 66.7 cm³/mol. The van der Waals surface area contributed by atoms with Crippen molar-refractivity contribution in [1.82, 2.24) is 0 Å². The monoisotopic (exact) mass is 216 g/mol. The van der Waals surface area contributed by atoms with E-state index in [4.69, 9.17) is 0 Å². The number of carbonyl (C=O) groups excluding carboxylic acids is 1. The summed E-state index contributed by atoms with van der Waals surface area (Å²) in [6, 6.07) is 6.47. The molecule has 1 aliphatic rings. The second-order valence-corrected chi connectivity index (χ2v) is 5.15. The Balaban J connectivity index is 2.46. The Morgan fingerprint density at radius 2 is 1.81 bits per heavy atom. The Kier molecular flexibility index (Phi) is 3.13. The maximum Gasteiger partial charge on any atom is 0.130 e. The van der Waals surface area contributed by atoms with Crippen molar-refractivity contribution >= 4 is 6.29 Å². The van der Waals surface area contributed by atoms with E-state index in [0.717, 1.165) is 12.8 Å². The van der Waals surface area contributed by atoms with E-state index >= 15 is 0 Å². The molecule has 0 aliphatic heterocycles. The third-order valence-corrected chi connectivity index (χ3v) is 3.90. The lowest BCUT2D eigenvalue weighted by Crippen LogP contribution is -2.31.